The van der Waals surface area contributed by atoms with Gasteiger partial charge in [-0.05, 0) is 56.7 Å². The lowest BCUT2D eigenvalue weighted by Gasteiger charge is -2.16. The maximum absolute atomic E-state index is 13.3. The van der Waals surface area contributed by atoms with E-state index in [2.05, 4.69) is 10.0 Å². The second kappa shape index (κ2) is 8.69. The Hall–Kier alpha value is -2.16. The van der Waals surface area contributed by atoms with Crippen LogP contribution in [0.1, 0.15) is 19.4 Å². The first-order valence-corrected chi connectivity index (χ1v) is 10.0. The standard InChI is InChI=1S/C18H20ClFN2O4S/c1-4-26-17-8-7-14(10-15(17)19)27(24,25)22-12(3)18(23)21-16-9-13(20)6-5-11(16)2/h5-10,12,22H,4H2,1-3H3,(H,21,23). The van der Waals surface area contributed by atoms with Crippen molar-refractivity contribution in [2.45, 2.75) is 31.7 Å². The van der Waals surface area contributed by atoms with E-state index in [0.29, 0.717) is 17.9 Å². The Morgan fingerprint density at radius 2 is 1.96 bits per heavy atom. The van der Waals surface area contributed by atoms with Crippen molar-refractivity contribution in [2.24, 2.45) is 0 Å². The second-order valence-electron chi connectivity index (χ2n) is 5.82. The molecule has 0 aliphatic carbocycles. The highest BCUT2D eigenvalue weighted by molar-refractivity contribution is 7.89. The average molecular weight is 415 g/mol. The number of anilines is 1. The van der Waals surface area contributed by atoms with Gasteiger partial charge in [0.1, 0.15) is 11.6 Å². The van der Waals surface area contributed by atoms with Gasteiger partial charge in [0.25, 0.3) is 0 Å². The molecular weight excluding hydrogens is 395 g/mol. The largest absolute Gasteiger partial charge is 0.492 e. The van der Waals surface area contributed by atoms with Crippen molar-refractivity contribution in [2.75, 3.05) is 11.9 Å². The fraction of sp³-hybridized carbons (Fsp3) is 0.278. The Morgan fingerprint density at radius 3 is 2.59 bits per heavy atom. The third kappa shape index (κ3) is 5.41. The van der Waals surface area contributed by atoms with Crippen LogP contribution >= 0.6 is 11.6 Å². The minimum Gasteiger partial charge on any atom is -0.492 e. The van der Waals surface area contributed by atoms with Crippen LogP contribution in [0.3, 0.4) is 0 Å². The van der Waals surface area contributed by atoms with Crippen LogP contribution < -0.4 is 14.8 Å². The summed E-state index contributed by atoms with van der Waals surface area (Å²) < 4.78 is 45.9. The molecule has 0 bridgehead atoms. The molecule has 0 saturated carbocycles. The molecule has 2 aromatic rings. The number of carbonyl (C=O) groups excluding carboxylic acids is 1. The van der Waals surface area contributed by atoms with E-state index < -0.39 is 27.8 Å². The van der Waals surface area contributed by atoms with E-state index in [0.717, 1.165) is 0 Å². The fourth-order valence-electron chi connectivity index (χ4n) is 2.25. The number of benzene rings is 2. The zero-order valence-corrected chi connectivity index (χ0v) is 16.6. The van der Waals surface area contributed by atoms with Crippen molar-refractivity contribution in [3.05, 3.63) is 52.8 Å². The van der Waals surface area contributed by atoms with Gasteiger partial charge in [-0.25, -0.2) is 12.8 Å². The van der Waals surface area contributed by atoms with Crippen LogP contribution in [0.5, 0.6) is 5.75 Å². The number of sulfonamides is 1. The highest BCUT2D eigenvalue weighted by Crippen LogP contribution is 2.27. The smallest absolute Gasteiger partial charge is 0.242 e. The number of carbonyl (C=O) groups is 1. The predicted molar refractivity (Wildman–Crippen MR) is 102 cm³/mol. The lowest BCUT2D eigenvalue weighted by Crippen LogP contribution is -2.41. The molecule has 0 aromatic heterocycles. The van der Waals surface area contributed by atoms with Crippen LogP contribution in [-0.4, -0.2) is 27.0 Å². The van der Waals surface area contributed by atoms with Crippen molar-refractivity contribution < 1.29 is 22.3 Å². The van der Waals surface area contributed by atoms with E-state index in [-0.39, 0.29) is 15.6 Å². The Labute approximate surface area is 162 Å². The molecule has 1 amide bonds. The first-order chi connectivity index (χ1) is 12.6. The van der Waals surface area contributed by atoms with E-state index in [4.69, 9.17) is 16.3 Å². The molecule has 0 fully saturated rings. The summed E-state index contributed by atoms with van der Waals surface area (Å²) in [4.78, 5) is 12.2. The summed E-state index contributed by atoms with van der Waals surface area (Å²) in [5.41, 5.74) is 0.924. The Balaban J connectivity index is 2.13. The summed E-state index contributed by atoms with van der Waals surface area (Å²) in [6, 6.07) is 6.88. The van der Waals surface area contributed by atoms with Crippen LogP contribution in [0.25, 0.3) is 0 Å². The van der Waals surface area contributed by atoms with E-state index in [9.17, 15) is 17.6 Å². The molecule has 27 heavy (non-hydrogen) atoms. The van der Waals surface area contributed by atoms with Gasteiger partial charge in [0.15, 0.2) is 0 Å². The quantitative estimate of drug-likeness (QED) is 0.726. The van der Waals surface area contributed by atoms with Crippen molar-refractivity contribution in [1.29, 1.82) is 0 Å². The molecule has 6 nitrogen and oxygen atoms in total. The summed E-state index contributed by atoms with van der Waals surface area (Å²) in [7, 11) is -3.99. The van der Waals surface area contributed by atoms with E-state index in [1.54, 1.807) is 13.8 Å². The number of amides is 1. The molecule has 146 valence electrons. The molecule has 0 saturated heterocycles. The van der Waals surface area contributed by atoms with Crippen LogP contribution in [0.15, 0.2) is 41.3 Å². The SMILES string of the molecule is CCOc1ccc(S(=O)(=O)NC(C)C(=O)Nc2cc(F)ccc2C)cc1Cl. The summed E-state index contributed by atoms with van der Waals surface area (Å²) >= 11 is 6.02. The molecule has 1 atom stereocenters. The maximum atomic E-state index is 13.3. The topological polar surface area (TPSA) is 84.5 Å². The highest BCUT2D eigenvalue weighted by Gasteiger charge is 2.23. The molecule has 0 aliphatic rings. The Kier molecular flexibility index (Phi) is 6.80. The van der Waals surface area contributed by atoms with Gasteiger partial charge in [-0.1, -0.05) is 17.7 Å². The monoisotopic (exact) mass is 414 g/mol. The van der Waals surface area contributed by atoms with Gasteiger partial charge in [-0.3, -0.25) is 4.79 Å². The van der Waals surface area contributed by atoms with E-state index >= 15 is 0 Å². The molecule has 2 N–H and O–H groups in total. The summed E-state index contributed by atoms with van der Waals surface area (Å²) in [6.07, 6.45) is 0. The number of halogens is 2. The number of hydrogen-bond donors (Lipinski definition) is 2. The van der Waals surface area contributed by atoms with Crippen LogP contribution in [-0.2, 0) is 14.8 Å². The van der Waals surface area contributed by atoms with E-state index in [1.807, 2.05) is 0 Å². The molecule has 9 heteroatoms. The van der Waals surface area contributed by atoms with Gasteiger partial charge in [-0.15, -0.1) is 0 Å². The highest BCUT2D eigenvalue weighted by atomic mass is 35.5. The number of aryl methyl sites for hydroxylation is 1. The van der Waals surface area contributed by atoms with Gasteiger partial charge in [0.2, 0.25) is 15.9 Å². The number of rotatable bonds is 7. The molecule has 0 heterocycles. The molecule has 0 spiro atoms. The number of hydrogen-bond acceptors (Lipinski definition) is 4. The van der Waals surface area contributed by atoms with Gasteiger partial charge in [0.05, 0.1) is 22.6 Å². The zero-order chi connectivity index (χ0) is 20.2. The first-order valence-electron chi connectivity index (χ1n) is 8.15. The normalized spacial score (nSPS) is 12.5. The molecule has 1 unspecified atom stereocenters. The maximum Gasteiger partial charge on any atom is 0.242 e. The summed E-state index contributed by atoms with van der Waals surface area (Å²) in [5, 5.41) is 2.66. The Bertz CT molecular complexity index is 950. The number of ether oxygens (including phenoxy) is 1. The fourth-order valence-corrected chi connectivity index (χ4v) is 3.77. The molecular formula is C18H20ClFN2O4S. The van der Waals surface area contributed by atoms with Crippen molar-refractivity contribution in [3.63, 3.8) is 0 Å². The minimum atomic E-state index is -3.99. The van der Waals surface area contributed by atoms with Crippen molar-refractivity contribution >= 4 is 33.2 Å². The minimum absolute atomic E-state index is 0.0995. The van der Waals surface area contributed by atoms with Crippen LogP contribution in [0.2, 0.25) is 5.02 Å². The van der Waals surface area contributed by atoms with Crippen molar-refractivity contribution in [3.8, 4) is 5.75 Å². The van der Waals surface area contributed by atoms with Crippen LogP contribution in [0, 0.1) is 12.7 Å². The number of nitrogens with one attached hydrogen (secondary N) is 2. The van der Waals surface area contributed by atoms with Crippen molar-refractivity contribution in [1.82, 2.24) is 4.72 Å². The predicted octanol–water partition coefficient (Wildman–Crippen LogP) is 3.49. The van der Waals surface area contributed by atoms with E-state index in [1.165, 1.54) is 43.3 Å². The summed E-state index contributed by atoms with van der Waals surface area (Å²) in [6.45, 7) is 5.26. The van der Waals surface area contributed by atoms with Gasteiger partial charge in [0, 0.05) is 5.69 Å². The zero-order valence-electron chi connectivity index (χ0n) is 15.0. The lowest BCUT2D eigenvalue weighted by molar-refractivity contribution is -0.117. The third-order valence-corrected chi connectivity index (χ3v) is 5.53. The second-order valence-corrected chi connectivity index (χ2v) is 7.94. The molecule has 0 aliphatic heterocycles. The Morgan fingerprint density at radius 1 is 1.26 bits per heavy atom. The van der Waals surface area contributed by atoms with Gasteiger partial charge < -0.3 is 10.1 Å². The van der Waals surface area contributed by atoms with Gasteiger partial charge >= 0.3 is 0 Å². The molecule has 2 rings (SSSR count). The van der Waals surface area contributed by atoms with Crippen LogP contribution in [0.4, 0.5) is 10.1 Å². The summed E-state index contributed by atoms with van der Waals surface area (Å²) in [5.74, 6) is -0.761. The first kappa shape index (κ1) is 21.1. The lowest BCUT2D eigenvalue weighted by atomic mass is 10.2. The molecule has 2 aromatic carbocycles. The van der Waals surface area contributed by atoms with Gasteiger partial charge in [-0.2, -0.15) is 4.72 Å². The average Bonchev–Trinajstić information content (AvgIpc) is 2.59. The molecule has 0 radical (unpaired) electrons. The third-order valence-electron chi connectivity index (χ3n) is 3.70.